The van der Waals surface area contributed by atoms with Crippen LogP contribution in [0.5, 0.6) is 0 Å². The molecular weight excluding hydrogens is 979 g/mol. The summed E-state index contributed by atoms with van der Waals surface area (Å²) < 4.78 is 9.35. The molecule has 0 radical (unpaired) electrons. The lowest BCUT2D eigenvalue weighted by Gasteiger charge is -2.17. The molecule has 5 heterocycles. The number of rotatable bonds is 7. The number of benzene rings is 11. The summed E-state index contributed by atoms with van der Waals surface area (Å²) in [5.74, 6) is 1.20. The van der Waals surface area contributed by atoms with Crippen LogP contribution in [0.25, 0.3) is 149 Å². The Morgan fingerprint density at radius 3 is 1.25 bits per heavy atom. The van der Waals surface area contributed by atoms with Crippen LogP contribution in [0.3, 0.4) is 0 Å². The molecule has 11 aromatic carbocycles. The Morgan fingerprint density at radius 2 is 0.762 bits per heavy atom. The molecule has 0 aliphatic rings. The van der Waals surface area contributed by atoms with Gasteiger partial charge >= 0.3 is 0 Å². The molecule has 0 saturated carbocycles. The number of hydrogen-bond donors (Lipinski definition) is 0. The third-order valence-electron chi connectivity index (χ3n) is 15.8. The number of aromatic nitrogens is 7. The molecule has 0 bridgehead atoms. The van der Waals surface area contributed by atoms with Gasteiger partial charge in [0.15, 0.2) is 23.2 Å². The maximum absolute atomic E-state index is 10.7. The van der Waals surface area contributed by atoms with Gasteiger partial charge in [0.25, 0.3) is 0 Å². The Kier molecular flexibility index (Phi) is 9.86. The highest BCUT2D eigenvalue weighted by Crippen LogP contribution is 2.46. The molecule has 0 N–H and O–H groups in total. The Labute approximate surface area is 457 Å². The van der Waals surface area contributed by atoms with E-state index < -0.39 is 0 Å². The van der Waals surface area contributed by atoms with Crippen LogP contribution >= 0.6 is 0 Å². The Balaban J connectivity index is 1.01. The van der Waals surface area contributed by atoms with Crippen molar-refractivity contribution in [2.45, 2.75) is 0 Å². The van der Waals surface area contributed by atoms with E-state index in [4.69, 9.17) is 21.5 Å². The molecule has 0 fully saturated rings. The Hall–Kier alpha value is -11.4. The molecule has 0 aliphatic carbocycles. The highest BCUT2D eigenvalue weighted by atomic mass is 15.1. The summed E-state index contributed by atoms with van der Waals surface area (Å²) in [4.78, 5) is 20.3. The summed E-state index contributed by atoms with van der Waals surface area (Å²) in [6.45, 7) is 8.42. The predicted octanol–water partition coefficient (Wildman–Crippen LogP) is 17.7. The van der Waals surface area contributed by atoms with Crippen molar-refractivity contribution in [1.82, 2.24) is 33.2 Å². The highest BCUT2D eigenvalue weighted by molar-refractivity contribution is 6.28. The summed E-state index contributed by atoms with van der Waals surface area (Å²) >= 11 is 0. The lowest BCUT2D eigenvalue weighted by Crippen LogP contribution is -2.06. The molecule has 9 heteroatoms. The molecule has 80 heavy (non-hydrogen) atoms. The lowest BCUT2D eigenvalue weighted by atomic mass is 10.1. The molecule has 16 aromatic rings. The van der Waals surface area contributed by atoms with E-state index in [0.29, 0.717) is 39.9 Å². The molecule has 0 aliphatic heterocycles. The van der Waals surface area contributed by atoms with Crippen molar-refractivity contribution >= 4 is 92.9 Å². The van der Waals surface area contributed by atoms with E-state index >= 15 is 0 Å². The molecule has 370 valence electrons. The molecular formula is C71H41N9. The zero-order valence-electron chi connectivity index (χ0n) is 42.7. The van der Waals surface area contributed by atoms with Crippen LogP contribution in [0, 0.1) is 17.9 Å². The Morgan fingerprint density at radius 1 is 0.350 bits per heavy atom. The molecule has 9 nitrogen and oxygen atoms in total. The van der Waals surface area contributed by atoms with E-state index in [0.717, 1.165) is 116 Å². The number of hydrogen-bond acceptors (Lipinski definition) is 4. The van der Waals surface area contributed by atoms with Crippen LogP contribution in [-0.2, 0) is 0 Å². The van der Waals surface area contributed by atoms with Gasteiger partial charge in [-0.1, -0.05) is 158 Å². The van der Waals surface area contributed by atoms with Crippen LogP contribution in [-0.4, -0.2) is 33.2 Å². The summed E-state index contributed by atoms with van der Waals surface area (Å²) in [5.41, 5.74) is 15.1. The average Bonchev–Trinajstić information content (AvgIpc) is 4.32. The number of nitriles is 1. The van der Waals surface area contributed by atoms with E-state index in [1.807, 2.05) is 78.9 Å². The van der Waals surface area contributed by atoms with Crippen LogP contribution in [0.1, 0.15) is 5.56 Å². The highest BCUT2D eigenvalue weighted by Gasteiger charge is 2.27. The predicted molar refractivity (Wildman–Crippen MR) is 324 cm³/mol. The first kappa shape index (κ1) is 44.9. The van der Waals surface area contributed by atoms with Gasteiger partial charge in [-0.3, -0.25) is 0 Å². The first-order valence-corrected chi connectivity index (χ1v) is 26.5. The number of para-hydroxylation sites is 6. The van der Waals surface area contributed by atoms with Gasteiger partial charge in [0, 0.05) is 71.2 Å². The minimum atomic E-state index is 0.375. The SMILES string of the molecule is [C-]#[N+]c1ccc(-n2c3ccccc3c3ccc4c(c5ccccc5n4-c4ccccc4)c32)c(-c2nc(-c3ccccc3)nc(-c3cc(C#N)ccc3-n3c4ccccc4c4ccc5c(c6ccccc6n5-c5ccccc5)c43)n2)c1. The molecule has 0 spiro atoms. The van der Waals surface area contributed by atoms with Crippen LogP contribution < -0.4 is 0 Å². The van der Waals surface area contributed by atoms with Crippen molar-refractivity contribution in [3.8, 4) is 63.0 Å². The molecule has 0 amide bonds. The largest absolute Gasteiger partial charge is 0.309 e. The van der Waals surface area contributed by atoms with E-state index in [1.165, 1.54) is 0 Å². The van der Waals surface area contributed by atoms with E-state index in [-0.39, 0.29) is 0 Å². The monoisotopic (exact) mass is 1020 g/mol. The number of fused-ring (bicyclic) bond motifs is 14. The summed E-state index contributed by atoms with van der Waals surface area (Å²) in [7, 11) is 0. The second-order valence-corrected chi connectivity index (χ2v) is 20.1. The number of nitrogens with zero attached hydrogens (tertiary/aromatic N) is 9. The summed E-state index contributed by atoms with van der Waals surface area (Å²) in [5, 5.41) is 19.5. The first-order valence-electron chi connectivity index (χ1n) is 26.5. The van der Waals surface area contributed by atoms with Crippen LogP contribution in [0.2, 0.25) is 0 Å². The van der Waals surface area contributed by atoms with E-state index in [1.54, 1.807) is 0 Å². The van der Waals surface area contributed by atoms with Crippen molar-refractivity contribution in [3.63, 3.8) is 0 Å². The minimum Gasteiger partial charge on any atom is -0.309 e. The van der Waals surface area contributed by atoms with Gasteiger partial charge < -0.3 is 18.3 Å². The van der Waals surface area contributed by atoms with Crippen molar-refractivity contribution in [2.24, 2.45) is 0 Å². The maximum atomic E-state index is 10.7. The fraction of sp³-hybridized carbons (Fsp3) is 0. The standard InChI is InChI=1S/C71H41N9/c1-73-46-34-38-62(80-58-30-16-12-26-50(58)52-36-40-64-66(68(52)80)54-28-14-18-32-60(54)78(64)48-23-9-4-10-24-48)56(42-46)71-75-69(45-19-5-2-6-20-45)74-70(76-71)55-41-44(43-72)33-37-61(55)79-57-29-15-11-25-49(57)51-35-39-63-65(67(51)79)53-27-13-17-31-59(53)77(63)47-21-7-3-8-22-47/h2-42H. The first-order chi connectivity index (χ1) is 39.6. The second-order valence-electron chi connectivity index (χ2n) is 20.1. The Bertz CT molecular complexity index is 5010. The fourth-order valence-corrected chi connectivity index (χ4v) is 12.5. The molecule has 16 rings (SSSR count). The zero-order chi connectivity index (χ0) is 53.0. The smallest absolute Gasteiger partial charge is 0.188 e. The van der Waals surface area contributed by atoms with Gasteiger partial charge in [-0.2, -0.15) is 5.26 Å². The van der Waals surface area contributed by atoms with Gasteiger partial charge in [0.1, 0.15) is 0 Å². The van der Waals surface area contributed by atoms with Gasteiger partial charge in [-0.05, 0) is 91.0 Å². The summed E-state index contributed by atoms with van der Waals surface area (Å²) in [6.07, 6.45) is 0. The second kappa shape index (κ2) is 17.6. The maximum Gasteiger partial charge on any atom is 0.188 e. The molecule has 0 saturated heterocycles. The van der Waals surface area contributed by atoms with Crippen molar-refractivity contribution in [1.29, 1.82) is 5.26 Å². The topological polar surface area (TPSA) is 86.5 Å². The lowest BCUT2D eigenvalue weighted by molar-refractivity contribution is 1.06. The molecule has 5 aromatic heterocycles. The van der Waals surface area contributed by atoms with Crippen molar-refractivity contribution in [2.75, 3.05) is 0 Å². The average molecular weight is 1020 g/mol. The van der Waals surface area contributed by atoms with Crippen molar-refractivity contribution in [3.05, 3.63) is 266 Å². The van der Waals surface area contributed by atoms with Gasteiger partial charge in [-0.15, -0.1) is 0 Å². The quantitative estimate of drug-likeness (QED) is 0.149. The van der Waals surface area contributed by atoms with Gasteiger partial charge in [0.2, 0.25) is 0 Å². The van der Waals surface area contributed by atoms with E-state index in [2.05, 4.69) is 199 Å². The molecule has 0 unspecified atom stereocenters. The third kappa shape index (κ3) is 6.59. The van der Waals surface area contributed by atoms with Gasteiger partial charge in [-0.25, -0.2) is 19.8 Å². The fourth-order valence-electron chi connectivity index (χ4n) is 12.5. The minimum absolute atomic E-state index is 0.375. The summed E-state index contributed by atoms with van der Waals surface area (Å²) in [6, 6.07) is 88.2. The van der Waals surface area contributed by atoms with Crippen LogP contribution in [0.4, 0.5) is 5.69 Å². The third-order valence-corrected chi connectivity index (χ3v) is 15.8. The normalized spacial score (nSPS) is 11.7. The zero-order valence-corrected chi connectivity index (χ0v) is 42.7. The van der Waals surface area contributed by atoms with Gasteiger partial charge in [0.05, 0.1) is 73.7 Å². The van der Waals surface area contributed by atoms with E-state index in [9.17, 15) is 5.26 Å². The van der Waals surface area contributed by atoms with Crippen LogP contribution in [0.15, 0.2) is 249 Å². The molecule has 0 atom stereocenters. The van der Waals surface area contributed by atoms with Crippen molar-refractivity contribution < 1.29 is 0 Å².